The number of aromatic nitrogens is 1. The van der Waals surface area contributed by atoms with Gasteiger partial charge in [0.15, 0.2) is 17.1 Å². The number of piperidine rings is 1. The number of hydrogen-bond donors (Lipinski definition) is 0. The fraction of sp³-hybridized carbons (Fsp3) is 0.435. The van der Waals surface area contributed by atoms with E-state index in [9.17, 15) is 4.39 Å². The van der Waals surface area contributed by atoms with E-state index in [-0.39, 0.29) is 18.0 Å². The smallest absolute Gasteiger partial charge is 0.184 e. The van der Waals surface area contributed by atoms with Gasteiger partial charge in [-0.2, -0.15) is 0 Å². The lowest BCUT2D eigenvalue weighted by atomic mass is 9.96. The van der Waals surface area contributed by atoms with Gasteiger partial charge in [0.25, 0.3) is 0 Å². The molecule has 4 rings (SSSR count). The summed E-state index contributed by atoms with van der Waals surface area (Å²) in [6.07, 6.45) is 4.07. The predicted octanol–water partition coefficient (Wildman–Crippen LogP) is 5.68. The van der Waals surface area contributed by atoms with Gasteiger partial charge in [0.1, 0.15) is 11.5 Å². The number of fused-ring (bicyclic) bond motifs is 1. The van der Waals surface area contributed by atoms with E-state index in [0.717, 1.165) is 49.0 Å². The number of ether oxygens (including phenoxy) is 2. The minimum Gasteiger partial charge on any atom is -0.491 e. The fourth-order valence-corrected chi connectivity index (χ4v) is 3.92. The van der Waals surface area contributed by atoms with Gasteiger partial charge >= 0.3 is 0 Å². The van der Waals surface area contributed by atoms with Crippen molar-refractivity contribution in [1.29, 1.82) is 0 Å². The lowest BCUT2D eigenvalue weighted by molar-refractivity contribution is 0.207. The standard InChI is InChI=1S/C23H26FN2O3/c1-4-15(2)28-20-10-7-9-19(23(20)27-3)26-13-6-5-8-18(26)22-17-12-11-16(24)14-21(17)29-25-22/h7,9,11-12,14-15,18H,4-6,8,13H2,1-3H3. The molecule has 29 heavy (non-hydrogen) atoms. The molecule has 1 aromatic heterocycles. The minimum atomic E-state index is -0.326. The normalized spacial score (nSPS) is 18.1. The largest absolute Gasteiger partial charge is 0.491 e. The van der Waals surface area contributed by atoms with E-state index in [1.807, 2.05) is 19.1 Å². The zero-order valence-corrected chi connectivity index (χ0v) is 17.1. The van der Waals surface area contributed by atoms with Crippen molar-refractivity contribution in [3.05, 3.63) is 47.9 Å². The molecule has 2 heterocycles. The van der Waals surface area contributed by atoms with Crippen molar-refractivity contribution in [3.63, 3.8) is 0 Å². The summed E-state index contributed by atoms with van der Waals surface area (Å²) in [5.74, 6) is 0.974. The average molecular weight is 397 g/mol. The van der Waals surface area contributed by atoms with Crippen molar-refractivity contribution in [2.24, 2.45) is 0 Å². The molecule has 0 spiro atoms. The number of halogens is 1. The molecule has 2 aromatic carbocycles. The Balaban J connectivity index is 1.75. The lowest BCUT2D eigenvalue weighted by Gasteiger charge is -2.37. The van der Waals surface area contributed by atoms with Gasteiger partial charge < -0.3 is 18.9 Å². The maximum absolute atomic E-state index is 13.6. The molecule has 1 radical (unpaired) electrons. The molecule has 2 atom stereocenters. The molecular formula is C23H26FN2O3. The zero-order chi connectivity index (χ0) is 20.4. The first-order valence-corrected chi connectivity index (χ1v) is 10.2. The summed E-state index contributed by atoms with van der Waals surface area (Å²) >= 11 is 0. The Morgan fingerprint density at radius 1 is 1.34 bits per heavy atom. The average Bonchev–Trinajstić information content (AvgIpc) is 3.16. The number of benzene rings is 2. The van der Waals surface area contributed by atoms with Crippen LogP contribution in [-0.4, -0.2) is 24.9 Å². The van der Waals surface area contributed by atoms with Gasteiger partial charge in [-0.25, -0.2) is 4.39 Å². The molecule has 0 saturated carbocycles. The van der Waals surface area contributed by atoms with Crippen LogP contribution in [-0.2, 0) is 0 Å². The monoisotopic (exact) mass is 397 g/mol. The van der Waals surface area contributed by atoms with E-state index in [2.05, 4.69) is 23.0 Å². The Morgan fingerprint density at radius 2 is 2.21 bits per heavy atom. The molecule has 6 heteroatoms. The highest BCUT2D eigenvalue weighted by Crippen LogP contribution is 2.44. The fourth-order valence-electron chi connectivity index (χ4n) is 3.92. The molecule has 1 fully saturated rings. The molecule has 0 amide bonds. The highest BCUT2D eigenvalue weighted by atomic mass is 19.1. The van der Waals surface area contributed by atoms with Crippen LogP contribution >= 0.6 is 0 Å². The van der Waals surface area contributed by atoms with E-state index in [0.29, 0.717) is 17.1 Å². The van der Waals surface area contributed by atoms with Crippen molar-refractivity contribution in [2.45, 2.75) is 51.7 Å². The molecule has 153 valence electrons. The number of anilines is 1. The molecule has 5 nitrogen and oxygen atoms in total. The van der Waals surface area contributed by atoms with Crippen LogP contribution in [0.3, 0.4) is 0 Å². The molecule has 1 aliphatic rings. The topological polar surface area (TPSA) is 47.7 Å². The first-order chi connectivity index (χ1) is 14.1. The van der Waals surface area contributed by atoms with Crippen molar-refractivity contribution in [3.8, 4) is 11.5 Å². The SMILES string of the molecule is CCC(C)Oc1[c]ccc(N2CCCCC2c2noc3cc(F)ccc23)c1OC. The third kappa shape index (κ3) is 3.76. The number of methoxy groups -OCH3 is 1. The van der Waals surface area contributed by atoms with E-state index in [1.165, 1.54) is 12.1 Å². The summed E-state index contributed by atoms with van der Waals surface area (Å²) in [4.78, 5) is 2.29. The summed E-state index contributed by atoms with van der Waals surface area (Å²) in [7, 11) is 1.66. The third-order valence-corrected chi connectivity index (χ3v) is 5.58. The van der Waals surface area contributed by atoms with Crippen LogP contribution in [0.1, 0.15) is 51.3 Å². The van der Waals surface area contributed by atoms with Crippen LogP contribution < -0.4 is 14.4 Å². The number of hydrogen-bond acceptors (Lipinski definition) is 5. The lowest BCUT2D eigenvalue weighted by Crippen LogP contribution is -2.34. The first-order valence-electron chi connectivity index (χ1n) is 10.2. The molecule has 3 aromatic rings. The second kappa shape index (κ2) is 8.31. The summed E-state index contributed by atoms with van der Waals surface area (Å²) in [5, 5.41) is 5.16. The van der Waals surface area contributed by atoms with E-state index >= 15 is 0 Å². The van der Waals surface area contributed by atoms with Gasteiger partial charge in [-0.15, -0.1) is 0 Å². The molecule has 1 aliphatic heterocycles. The van der Waals surface area contributed by atoms with E-state index < -0.39 is 0 Å². The maximum atomic E-state index is 13.6. The van der Waals surface area contributed by atoms with Crippen LogP contribution in [0, 0.1) is 11.9 Å². The molecule has 1 saturated heterocycles. The van der Waals surface area contributed by atoms with Crippen molar-refractivity contribution >= 4 is 16.7 Å². The summed E-state index contributed by atoms with van der Waals surface area (Å²) < 4.78 is 30.8. The molecule has 0 N–H and O–H groups in total. The Labute approximate surface area is 170 Å². The second-order valence-corrected chi connectivity index (χ2v) is 7.48. The predicted molar refractivity (Wildman–Crippen MR) is 110 cm³/mol. The van der Waals surface area contributed by atoms with E-state index in [4.69, 9.17) is 14.0 Å². The zero-order valence-electron chi connectivity index (χ0n) is 17.1. The maximum Gasteiger partial charge on any atom is 0.184 e. The van der Waals surface area contributed by atoms with E-state index in [1.54, 1.807) is 13.2 Å². The summed E-state index contributed by atoms with van der Waals surface area (Å²) in [6.45, 7) is 4.98. The Morgan fingerprint density at radius 3 is 3.00 bits per heavy atom. The quantitative estimate of drug-likeness (QED) is 0.535. The Bertz CT molecular complexity index is 987. The highest BCUT2D eigenvalue weighted by Gasteiger charge is 2.31. The van der Waals surface area contributed by atoms with Crippen LogP contribution in [0.15, 0.2) is 34.9 Å². The highest BCUT2D eigenvalue weighted by molar-refractivity contribution is 5.80. The Kier molecular flexibility index (Phi) is 5.60. The molecule has 0 aliphatic carbocycles. The van der Waals surface area contributed by atoms with Gasteiger partial charge in [-0.3, -0.25) is 0 Å². The number of rotatable bonds is 6. The summed E-state index contributed by atoms with van der Waals surface area (Å²) in [5.41, 5.74) is 2.26. The molecular weight excluding hydrogens is 371 g/mol. The van der Waals surface area contributed by atoms with Gasteiger partial charge in [0, 0.05) is 24.1 Å². The molecule has 2 unspecified atom stereocenters. The van der Waals surface area contributed by atoms with Gasteiger partial charge in [-0.05, 0) is 56.9 Å². The Hall–Kier alpha value is -2.76. The van der Waals surface area contributed by atoms with Gasteiger partial charge in [0.05, 0.1) is 24.9 Å². The van der Waals surface area contributed by atoms with Crippen LogP contribution in [0.2, 0.25) is 0 Å². The van der Waals surface area contributed by atoms with Crippen LogP contribution in [0.4, 0.5) is 10.1 Å². The third-order valence-electron chi connectivity index (χ3n) is 5.58. The van der Waals surface area contributed by atoms with Gasteiger partial charge in [0.2, 0.25) is 0 Å². The first kappa shape index (κ1) is 19.6. The van der Waals surface area contributed by atoms with Gasteiger partial charge in [-0.1, -0.05) is 12.1 Å². The minimum absolute atomic E-state index is 0.0169. The number of nitrogens with zero attached hydrogens (tertiary/aromatic N) is 2. The molecule has 0 bridgehead atoms. The van der Waals surface area contributed by atoms with Crippen LogP contribution in [0.25, 0.3) is 11.0 Å². The van der Waals surface area contributed by atoms with Crippen molar-refractivity contribution in [1.82, 2.24) is 5.16 Å². The summed E-state index contributed by atoms with van der Waals surface area (Å²) in [6, 6.07) is 11.6. The van der Waals surface area contributed by atoms with Crippen LogP contribution in [0.5, 0.6) is 11.5 Å². The van der Waals surface area contributed by atoms with Crippen molar-refractivity contribution in [2.75, 3.05) is 18.6 Å². The van der Waals surface area contributed by atoms with Crippen molar-refractivity contribution < 1.29 is 18.4 Å². The second-order valence-electron chi connectivity index (χ2n) is 7.48.